The summed E-state index contributed by atoms with van der Waals surface area (Å²) in [6.45, 7) is 15.2. The molecule has 4 aromatic carbocycles. The van der Waals surface area contributed by atoms with Crippen molar-refractivity contribution in [2.45, 2.75) is 111 Å². The molecule has 2 aliphatic carbocycles. The van der Waals surface area contributed by atoms with E-state index in [1.165, 1.54) is 36.8 Å². The lowest BCUT2D eigenvalue weighted by atomic mass is 9.66. The number of ether oxygens (including phenoxy) is 1. The van der Waals surface area contributed by atoms with Crippen LogP contribution in [-0.4, -0.2) is 99.8 Å². The predicted octanol–water partition coefficient (Wildman–Crippen LogP) is 8.21. The molecular weight excluding hydrogens is 969 g/mol. The highest BCUT2D eigenvalue weighted by Crippen LogP contribution is 2.56. The normalized spacial score (nSPS) is 24.3. The first-order valence-electron chi connectivity index (χ1n) is 25.9. The summed E-state index contributed by atoms with van der Waals surface area (Å²) in [6.07, 6.45) is 10.3. The number of carboxylic acids is 3. The van der Waals surface area contributed by atoms with Gasteiger partial charge in [0.1, 0.15) is 11.6 Å². The Bertz CT molecular complexity index is 2900. The molecular formula is C58H74N8O10. The van der Waals surface area contributed by atoms with Crippen LogP contribution in [0.1, 0.15) is 142 Å². The molecule has 2 saturated carbocycles. The van der Waals surface area contributed by atoms with Gasteiger partial charge in [-0.2, -0.15) is 5.10 Å². The number of primary amides is 2. The van der Waals surface area contributed by atoms with Crippen LogP contribution in [0.3, 0.4) is 0 Å². The van der Waals surface area contributed by atoms with Crippen molar-refractivity contribution in [2.24, 2.45) is 44.0 Å². The van der Waals surface area contributed by atoms with Crippen molar-refractivity contribution in [3.8, 4) is 5.69 Å². The van der Waals surface area contributed by atoms with Gasteiger partial charge in [0, 0.05) is 41.9 Å². The Hall–Kier alpha value is -7.44. The van der Waals surface area contributed by atoms with Gasteiger partial charge in [-0.1, -0.05) is 76.2 Å². The van der Waals surface area contributed by atoms with Crippen LogP contribution in [0, 0.1) is 27.6 Å². The monoisotopic (exact) mass is 1040 g/mol. The van der Waals surface area contributed by atoms with Crippen LogP contribution in [0.15, 0.2) is 96.1 Å². The summed E-state index contributed by atoms with van der Waals surface area (Å²) in [5.74, 6) is -2.97. The summed E-state index contributed by atoms with van der Waals surface area (Å²) in [7, 11) is 0. The van der Waals surface area contributed by atoms with Gasteiger partial charge in [0.15, 0.2) is 0 Å². The molecule has 1 aromatic heterocycles. The van der Waals surface area contributed by atoms with E-state index in [1.807, 2.05) is 50.4 Å². The van der Waals surface area contributed by atoms with Crippen molar-refractivity contribution < 1.29 is 48.8 Å². The van der Waals surface area contributed by atoms with Crippen molar-refractivity contribution in [3.63, 3.8) is 0 Å². The van der Waals surface area contributed by atoms with Crippen LogP contribution in [0.5, 0.6) is 0 Å². The highest BCUT2D eigenvalue weighted by Gasteiger charge is 2.59. The maximum absolute atomic E-state index is 11.5. The molecule has 3 heterocycles. The standard InChI is InChI=1S/C19H20N4O.C19H22N4O.2C10H16O4/c20-19(24)17-5-1-3-15-12-23(22-18(15)17)16-8-6-13(7-9-16)14-4-2-10-21-11-14;20-18-15(3-1-5-17(18)19(21)24)12-23-16-8-6-13(7-9-16)14-4-2-10-22-11-14;1-9(2)7(14-6-11)4-5-10(9,3)8(12)13;1-9(2)6(7(11)12)4-5-10(9,3)8(13)14/h1,3,5-9,12,14,21H,2,4,10-11H2,(H2,20,24);1,3,5-9,12,14,22H,2,4,10-11,20H2,(H2,21,24);6-7H,4-5H2,1-3H3,(H,12,13);6H,4-5H2,1-3H3,(H,11,12)(H,13,14)/t;;7-,10-;6-,10+/m..01/s1. The lowest BCUT2D eigenvalue weighted by molar-refractivity contribution is -0.160. The minimum absolute atomic E-state index is 0.291. The molecule has 406 valence electrons. The maximum atomic E-state index is 11.5. The smallest absolute Gasteiger partial charge is 0.310 e. The zero-order valence-corrected chi connectivity index (χ0v) is 44.4. The Labute approximate surface area is 443 Å². The van der Waals surface area contributed by atoms with Crippen molar-refractivity contribution in [3.05, 3.63) is 119 Å². The van der Waals surface area contributed by atoms with Crippen LogP contribution in [0.25, 0.3) is 16.6 Å². The van der Waals surface area contributed by atoms with Crippen LogP contribution in [0.4, 0.5) is 11.4 Å². The molecule has 2 amide bonds. The SMILES string of the molecule is CC1(C)[C@@H](C(=O)O)CC[C@@]1(C)C(=O)O.CC1(C)[C@@H](OC=O)CC[C@@]1(C)C(=O)O.NC(=O)c1cccc(C=Nc2ccc(C3CCCNC3)cc2)c1N.NC(=O)c1cccc2cn(-c3ccc(C4CCCNC4)cc3)nc12. The highest BCUT2D eigenvalue weighted by molar-refractivity contribution is 6.05. The molecule has 76 heavy (non-hydrogen) atoms. The number of benzene rings is 4. The number of nitrogens with two attached hydrogens (primary N) is 3. The number of carboxylic acid groups (broad SMARTS) is 3. The molecule has 18 heteroatoms. The summed E-state index contributed by atoms with van der Waals surface area (Å²) in [4.78, 5) is 70.8. The van der Waals surface area contributed by atoms with Crippen LogP contribution < -0.4 is 27.8 Å². The number of rotatable bonds is 12. The Kier molecular flexibility index (Phi) is 18.6. The number of amides is 2. The Balaban J connectivity index is 0.000000170. The second-order valence-corrected chi connectivity index (χ2v) is 21.8. The Morgan fingerprint density at radius 3 is 1.70 bits per heavy atom. The third kappa shape index (κ3) is 12.6. The van der Waals surface area contributed by atoms with Crippen molar-refractivity contribution >= 4 is 64.7 Å². The summed E-state index contributed by atoms with van der Waals surface area (Å²) in [6, 6.07) is 27.4. The molecule has 18 nitrogen and oxygen atoms in total. The van der Waals surface area contributed by atoms with Crippen molar-refractivity contribution in [1.29, 1.82) is 0 Å². The number of nitrogens with one attached hydrogen (secondary N) is 2. The van der Waals surface area contributed by atoms with Gasteiger partial charge >= 0.3 is 17.9 Å². The second kappa shape index (κ2) is 24.5. The number of carbonyl (C=O) groups excluding carboxylic acids is 3. The first kappa shape index (κ1) is 57.8. The molecule has 2 unspecified atom stereocenters. The van der Waals surface area contributed by atoms with Gasteiger partial charge < -0.3 is 47.9 Å². The van der Waals surface area contributed by atoms with E-state index in [1.54, 1.807) is 56.8 Å². The van der Waals surface area contributed by atoms with Gasteiger partial charge in [-0.3, -0.25) is 33.8 Å². The Morgan fingerprint density at radius 2 is 1.22 bits per heavy atom. The number of para-hydroxylation sites is 1. The number of nitrogens with zero attached hydrogens (tertiary/aromatic N) is 3. The number of piperidine rings is 2. The number of anilines is 1. The van der Waals surface area contributed by atoms with E-state index in [2.05, 4.69) is 57.1 Å². The molecule has 0 spiro atoms. The molecule has 11 N–H and O–H groups in total. The first-order valence-corrected chi connectivity index (χ1v) is 25.9. The summed E-state index contributed by atoms with van der Waals surface area (Å²) >= 11 is 0. The van der Waals surface area contributed by atoms with Gasteiger partial charge in [-0.15, -0.1) is 0 Å². The first-order chi connectivity index (χ1) is 36.0. The van der Waals surface area contributed by atoms with Crippen molar-refractivity contribution in [1.82, 2.24) is 20.4 Å². The van der Waals surface area contributed by atoms with Gasteiger partial charge in [0.05, 0.1) is 44.9 Å². The number of nitrogen functional groups attached to an aromatic ring is 1. The Morgan fingerprint density at radius 1 is 0.697 bits per heavy atom. The largest absolute Gasteiger partial charge is 0.481 e. The summed E-state index contributed by atoms with van der Waals surface area (Å²) in [5.41, 5.74) is 20.8. The van der Waals surface area contributed by atoms with E-state index in [0.717, 1.165) is 42.9 Å². The fraction of sp³-hybridized carbons (Fsp3) is 0.448. The number of carbonyl (C=O) groups is 6. The molecule has 6 atom stereocenters. The molecule has 5 aromatic rings. The second-order valence-electron chi connectivity index (χ2n) is 21.8. The molecule has 9 rings (SSSR count). The number of aliphatic carboxylic acids is 3. The number of fused-ring (bicyclic) bond motifs is 1. The lowest BCUT2D eigenvalue weighted by Gasteiger charge is -2.37. The predicted molar refractivity (Wildman–Crippen MR) is 292 cm³/mol. The third-order valence-electron chi connectivity index (χ3n) is 17.0. The van der Waals surface area contributed by atoms with Crippen LogP contribution in [-0.2, 0) is 23.9 Å². The number of aromatic nitrogens is 2. The van der Waals surface area contributed by atoms with E-state index >= 15 is 0 Å². The number of hydrogen-bond donors (Lipinski definition) is 8. The van der Waals surface area contributed by atoms with Crippen molar-refractivity contribution in [2.75, 3.05) is 31.9 Å². The van der Waals surface area contributed by atoms with Crippen LogP contribution >= 0.6 is 0 Å². The molecule has 4 aliphatic rings. The quantitative estimate of drug-likeness (QED) is 0.0332. The minimum atomic E-state index is -0.921. The summed E-state index contributed by atoms with van der Waals surface area (Å²) < 4.78 is 6.73. The number of hydrogen-bond acceptors (Lipinski definition) is 12. The third-order valence-corrected chi connectivity index (χ3v) is 17.0. The minimum Gasteiger partial charge on any atom is -0.481 e. The van der Waals surface area contributed by atoms with E-state index in [0.29, 0.717) is 71.9 Å². The number of aliphatic imine (C=N–C) groups is 1. The zero-order valence-electron chi connectivity index (χ0n) is 44.4. The van der Waals surface area contributed by atoms with E-state index in [-0.39, 0.29) is 6.10 Å². The fourth-order valence-corrected chi connectivity index (χ4v) is 10.9. The molecule has 4 fully saturated rings. The highest BCUT2D eigenvalue weighted by atomic mass is 16.5. The molecule has 2 aliphatic heterocycles. The maximum Gasteiger partial charge on any atom is 0.310 e. The average molecular weight is 1040 g/mol. The molecule has 2 saturated heterocycles. The van der Waals surface area contributed by atoms with Gasteiger partial charge in [-0.05, 0) is 143 Å². The van der Waals surface area contributed by atoms with Crippen LogP contribution in [0.2, 0.25) is 0 Å². The molecule has 0 bridgehead atoms. The van der Waals surface area contributed by atoms with Gasteiger partial charge in [-0.25, -0.2) is 4.68 Å². The van der Waals surface area contributed by atoms with Gasteiger partial charge in [0.2, 0.25) is 0 Å². The van der Waals surface area contributed by atoms with E-state index in [9.17, 15) is 28.8 Å². The zero-order chi connectivity index (χ0) is 55.6. The van der Waals surface area contributed by atoms with E-state index in [4.69, 9.17) is 37.3 Å². The fourth-order valence-electron chi connectivity index (χ4n) is 10.9. The topological polar surface area (TPSA) is 305 Å². The average Bonchev–Trinajstić information content (AvgIpc) is 4.03. The summed E-state index contributed by atoms with van der Waals surface area (Å²) in [5, 5.41) is 39.6. The van der Waals surface area contributed by atoms with Gasteiger partial charge in [0.25, 0.3) is 18.3 Å². The lowest BCUT2D eigenvalue weighted by Crippen LogP contribution is -2.43. The van der Waals surface area contributed by atoms with E-state index < -0.39 is 57.3 Å². The molecule has 0 radical (unpaired) electrons.